The number of carbonyl (C=O) groups excluding carboxylic acids is 1. The molecule has 2 amide bonds. The van der Waals surface area contributed by atoms with Crippen molar-refractivity contribution in [3.05, 3.63) is 17.7 Å². The van der Waals surface area contributed by atoms with Crippen LogP contribution in [0.15, 0.2) is 12.1 Å². The van der Waals surface area contributed by atoms with Crippen LogP contribution in [-0.4, -0.2) is 33.4 Å². The van der Waals surface area contributed by atoms with Crippen LogP contribution in [0.2, 0.25) is 0 Å². The third kappa shape index (κ3) is 4.22. The predicted molar refractivity (Wildman–Crippen MR) is 76.6 cm³/mol. The number of urea groups is 1. The smallest absolute Gasteiger partial charge is 0.315 e. The number of benzene rings is 1. The van der Waals surface area contributed by atoms with Crippen molar-refractivity contribution in [2.45, 2.75) is 26.4 Å². The SMILES string of the molecule is COc1cc(OC)c(CNC(=O)NC(C)C)c(OC)c1. The maximum absolute atomic E-state index is 11.6. The van der Waals surface area contributed by atoms with Crippen molar-refractivity contribution in [1.82, 2.24) is 10.6 Å². The zero-order valence-corrected chi connectivity index (χ0v) is 12.6. The van der Waals surface area contributed by atoms with Crippen molar-refractivity contribution >= 4 is 6.03 Å². The van der Waals surface area contributed by atoms with Crippen LogP contribution in [0.25, 0.3) is 0 Å². The first-order valence-corrected chi connectivity index (χ1v) is 6.35. The van der Waals surface area contributed by atoms with Gasteiger partial charge in [-0.2, -0.15) is 0 Å². The molecule has 0 bridgehead atoms. The van der Waals surface area contributed by atoms with E-state index in [2.05, 4.69) is 10.6 Å². The Balaban J connectivity index is 2.90. The van der Waals surface area contributed by atoms with Crippen molar-refractivity contribution in [1.29, 1.82) is 0 Å². The number of hydrogen-bond donors (Lipinski definition) is 2. The summed E-state index contributed by atoms with van der Waals surface area (Å²) in [7, 11) is 4.69. The Hall–Kier alpha value is -2.11. The Labute approximate surface area is 119 Å². The molecule has 1 rings (SSSR count). The van der Waals surface area contributed by atoms with Crippen LogP contribution in [0.5, 0.6) is 17.2 Å². The predicted octanol–water partition coefficient (Wildman–Crippen LogP) is 1.92. The van der Waals surface area contributed by atoms with Crippen LogP contribution >= 0.6 is 0 Å². The molecule has 0 aliphatic carbocycles. The van der Waals surface area contributed by atoms with Crippen molar-refractivity contribution < 1.29 is 19.0 Å². The van der Waals surface area contributed by atoms with Crippen molar-refractivity contribution in [3.63, 3.8) is 0 Å². The molecule has 0 spiro atoms. The molecule has 6 nitrogen and oxygen atoms in total. The Kier molecular flexibility index (Phi) is 5.96. The maximum atomic E-state index is 11.6. The number of ether oxygens (including phenoxy) is 3. The van der Waals surface area contributed by atoms with E-state index in [1.807, 2.05) is 13.8 Å². The summed E-state index contributed by atoms with van der Waals surface area (Å²) in [5, 5.41) is 5.52. The van der Waals surface area contributed by atoms with Gasteiger partial charge in [0.25, 0.3) is 0 Å². The zero-order valence-electron chi connectivity index (χ0n) is 12.6. The summed E-state index contributed by atoms with van der Waals surface area (Å²) in [5.41, 5.74) is 0.759. The van der Waals surface area contributed by atoms with Crippen LogP contribution < -0.4 is 24.8 Å². The van der Waals surface area contributed by atoms with Crippen LogP contribution in [0.3, 0.4) is 0 Å². The van der Waals surface area contributed by atoms with Crippen LogP contribution in [0.1, 0.15) is 19.4 Å². The molecule has 0 aromatic heterocycles. The molecular formula is C14H22N2O4. The van der Waals surface area contributed by atoms with Gasteiger partial charge in [-0.05, 0) is 13.8 Å². The third-order valence-electron chi connectivity index (χ3n) is 2.66. The van der Waals surface area contributed by atoms with Gasteiger partial charge >= 0.3 is 6.03 Å². The van der Waals surface area contributed by atoms with Crippen molar-refractivity contribution in [2.24, 2.45) is 0 Å². The number of methoxy groups -OCH3 is 3. The van der Waals surface area contributed by atoms with Gasteiger partial charge in [0.1, 0.15) is 17.2 Å². The number of nitrogens with one attached hydrogen (secondary N) is 2. The molecule has 0 saturated heterocycles. The van der Waals surface area contributed by atoms with Gasteiger partial charge in [-0.1, -0.05) is 0 Å². The van der Waals surface area contributed by atoms with Crippen LogP contribution in [0, 0.1) is 0 Å². The minimum Gasteiger partial charge on any atom is -0.496 e. The summed E-state index contributed by atoms with van der Waals surface area (Å²) in [6.45, 7) is 4.09. The topological polar surface area (TPSA) is 68.8 Å². The zero-order chi connectivity index (χ0) is 15.1. The lowest BCUT2D eigenvalue weighted by molar-refractivity contribution is 0.238. The van der Waals surface area contributed by atoms with E-state index >= 15 is 0 Å². The molecule has 0 aliphatic rings. The number of hydrogen-bond acceptors (Lipinski definition) is 4. The summed E-state index contributed by atoms with van der Waals surface area (Å²) in [5.74, 6) is 1.84. The highest BCUT2D eigenvalue weighted by molar-refractivity contribution is 5.74. The summed E-state index contributed by atoms with van der Waals surface area (Å²) < 4.78 is 15.8. The summed E-state index contributed by atoms with van der Waals surface area (Å²) in [6.07, 6.45) is 0. The molecule has 0 saturated carbocycles. The molecule has 0 heterocycles. The molecular weight excluding hydrogens is 260 g/mol. The molecule has 6 heteroatoms. The van der Waals surface area contributed by atoms with Gasteiger partial charge in [-0.3, -0.25) is 0 Å². The fraction of sp³-hybridized carbons (Fsp3) is 0.500. The van der Waals surface area contributed by atoms with E-state index in [1.54, 1.807) is 33.5 Å². The van der Waals surface area contributed by atoms with E-state index in [9.17, 15) is 4.79 Å². The highest BCUT2D eigenvalue weighted by atomic mass is 16.5. The fourth-order valence-electron chi connectivity index (χ4n) is 1.73. The van der Waals surface area contributed by atoms with E-state index in [4.69, 9.17) is 14.2 Å². The van der Waals surface area contributed by atoms with Crippen molar-refractivity contribution in [2.75, 3.05) is 21.3 Å². The second-order valence-electron chi connectivity index (χ2n) is 4.49. The van der Waals surface area contributed by atoms with Gasteiger partial charge in [0.2, 0.25) is 0 Å². The normalized spacial score (nSPS) is 10.1. The van der Waals surface area contributed by atoms with E-state index < -0.39 is 0 Å². The standard InChI is InChI=1S/C14H22N2O4/c1-9(2)16-14(17)15-8-11-12(19-4)6-10(18-3)7-13(11)20-5/h6-7,9H,8H2,1-5H3,(H2,15,16,17). The van der Waals surface area contributed by atoms with E-state index in [-0.39, 0.29) is 12.1 Å². The number of amides is 2. The first-order chi connectivity index (χ1) is 9.51. The molecule has 2 N–H and O–H groups in total. The average Bonchev–Trinajstić information content (AvgIpc) is 2.43. The molecule has 0 fully saturated rings. The minimum atomic E-state index is -0.236. The summed E-state index contributed by atoms with van der Waals surface area (Å²) >= 11 is 0. The lowest BCUT2D eigenvalue weighted by Gasteiger charge is -2.16. The molecule has 0 atom stereocenters. The summed E-state index contributed by atoms with van der Waals surface area (Å²) in [4.78, 5) is 11.6. The van der Waals surface area contributed by atoms with Gasteiger partial charge < -0.3 is 24.8 Å². The Morgan fingerprint density at radius 3 is 2.05 bits per heavy atom. The minimum absolute atomic E-state index is 0.0784. The Morgan fingerprint density at radius 1 is 1.10 bits per heavy atom. The molecule has 0 unspecified atom stereocenters. The van der Waals surface area contributed by atoms with E-state index in [1.165, 1.54) is 0 Å². The van der Waals surface area contributed by atoms with Crippen molar-refractivity contribution in [3.8, 4) is 17.2 Å². The molecule has 20 heavy (non-hydrogen) atoms. The van der Waals surface area contributed by atoms with E-state index in [0.717, 1.165) is 5.56 Å². The molecule has 1 aromatic rings. The largest absolute Gasteiger partial charge is 0.496 e. The van der Waals surface area contributed by atoms with Crippen LogP contribution in [-0.2, 0) is 6.54 Å². The summed E-state index contributed by atoms with van der Waals surface area (Å²) in [6, 6.07) is 3.34. The quantitative estimate of drug-likeness (QED) is 0.836. The lowest BCUT2D eigenvalue weighted by Crippen LogP contribution is -2.39. The monoisotopic (exact) mass is 282 g/mol. The molecule has 0 aliphatic heterocycles. The number of rotatable bonds is 6. The van der Waals surface area contributed by atoms with Gasteiger partial charge in [0.05, 0.1) is 33.4 Å². The van der Waals surface area contributed by atoms with Gasteiger partial charge in [-0.15, -0.1) is 0 Å². The first kappa shape index (κ1) is 15.9. The molecule has 0 radical (unpaired) electrons. The second kappa shape index (κ2) is 7.47. The van der Waals surface area contributed by atoms with E-state index in [0.29, 0.717) is 23.8 Å². The maximum Gasteiger partial charge on any atom is 0.315 e. The Bertz CT molecular complexity index is 435. The third-order valence-corrected chi connectivity index (χ3v) is 2.66. The first-order valence-electron chi connectivity index (χ1n) is 6.35. The van der Waals surface area contributed by atoms with Gasteiger partial charge in [0.15, 0.2) is 0 Å². The van der Waals surface area contributed by atoms with Gasteiger partial charge in [0, 0.05) is 18.2 Å². The van der Waals surface area contributed by atoms with Gasteiger partial charge in [-0.25, -0.2) is 4.79 Å². The lowest BCUT2D eigenvalue weighted by atomic mass is 10.1. The average molecular weight is 282 g/mol. The Morgan fingerprint density at radius 2 is 1.65 bits per heavy atom. The second-order valence-corrected chi connectivity index (χ2v) is 4.49. The highest BCUT2D eigenvalue weighted by Gasteiger charge is 2.14. The molecule has 112 valence electrons. The fourth-order valence-corrected chi connectivity index (χ4v) is 1.73. The highest BCUT2D eigenvalue weighted by Crippen LogP contribution is 2.33. The molecule has 1 aromatic carbocycles. The van der Waals surface area contributed by atoms with Crippen LogP contribution in [0.4, 0.5) is 4.79 Å². The number of carbonyl (C=O) groups is 1.